The number of hydrogen-bond acceptors (Lipinski definition) is 6. The number of piperidine rings is 1. The van der Waals surface area contributed by atoms with Crippen molar-refractivity contribution in [2.24, 2.45) is 0 Å². The third-order valence-electron chi connectivity index (χ3n) is 3.25. The van der Waals surface area contributed by atoms with Crippen molar-refractivity contribution in [1.82, 2.24) is 10.3 Å². The van der Waals surface area contributed by atoms with Gasteiger partial charge < -0.3 is 15.1 Å². The molecule has 2 heterocycles. The van der Waals surface area contributed by atoms with Gasteiger partial charge in [-0.05, 0) is 32.0 Å². The fourth-order valence-electron chi connectivity index (χ4n) is 2.23. The first kappa shape index (κ1) is 11.9. The Bertz CT molecular complexity index is 604. The molecule has 0 saturated carbocycles. The van der Waals surface area contributed by atoms with Gasteiger partial charge in [0.2, 0.25) is 0 Å². The first-order valence-electron chi connectivity index (χ1n) is 6.24. The van der Waals surface area contributed by atoms with Crippen LogP contribution in [-0.2, 0) is 0 Å². The maximum atomic E-state index is 10.7. The number of non-ortho nitro benzene ring substituents is 1. The van der Waals surface area contributed by atoms with Crippen LogP contribution in [0.5, 0.6) is 0 Å². The third-order valence-corrected chi connectivity index (χ3v) is 3.25. The van der Waals surface area contributed by atoms with Gasteiger partial charge in [0, 0.05) is 18.2 Å². The first-order chi connectivity index (χ1) is 9.22. The lowest BCUT2D eigenvalue weighted by atomic mass is 10.1. The fraction of sp³-hybridized carbons (Fsp3) is 0.417. The van der Waals surface area contributed by atoms with Crippen LogP contribution in [0.4, 0.5) is 11.7 Å². The zero-order valence-electron chi connectivity index (χ0n) is 10.3. The second kappa shape index (κ2) is 4.85. The van der Waals surface area contributed by atoms with Crippen molar-refractivity contribution in [3.8, 4) is 0 Å². The average Bonchev–Trinajstić information content (AvgIpc) is 2.80. The fourth-order valence-corrected chi connectivity index (χ4v) is 2.23. The number of nitrogens with one attached hydrogen (secondary N) is 2. The third kappa shape index (κ3) is 2.50. The van der Waals surface area contributed by atoms with Gasteiger partial charge >= 0.3 is 0 Å². The first-order valence-corrected chi connectivity index (χ1v) is 6.24. The number of aromatic nitrogens is 1. The highest BCUT2D eigenvalue weighted by Gasteiger charge is 2.16. The summed E-state index contributed by atoms with van der Waals surface area (Å²) in [6, 6.07) is 5.19. The minimum atomic E-state index is -0.436. The number of hydrogen-bond donors (Lipinski definition) is 2. The van der Waals surface area contributed by atoms with Crippen LogP contribution < -0.4 is 10.6 Å². The smallest absolute Gasteiger partial charge is 0.295 e. The molecule has 2 N–H and O–H groups in total. The summed E-state index contributed by atoms with van der Waals surface area (Å²) in [6.45, 7) is 1.95. The van der Waals surface area contributed by atoms with E-state index in [0.29, 0.717) is 23.2 Å². The van der Waals surface area contributed by atoms with Crippen molar-refractivity contribution in [3.63, 3.8) is 0 Å². The maximum Gasteiger partial charge on any atom is 0.295 e. The molecule has 0 unspecified atom stereocenters. The predicted molar refractivity (Wildman–Crippen MR) is 70.2 cm³/mol. The van der Waals surface area contributed by atoms with Crippen molar-refractivity contribution in [3.05, 3.63) is 28.3 Å². The average molecular weight is 262 g/mol. The van der Waals surface area contributed by atoms with E-state index in [-0.39, 0.29) is 5.69 Å². The number of nitro benzene ring substituents is 1. The number of benzene rings is 1. The van der Waals surface area contributed by atoms with E-state index in [1.54, 1.807) is 6.07 Å². The predicted octanol–water partition coefficient (Wildman–Crippen LogP) is 1.90. The highest BCUT2D eigenvalue weighted by molar-refractivity contribution is 5.77. The summed E-state index contributed by atoms with van der Waals surface area (Å²) in [5.74, 6) is 0. The molecule has 0 aliphatic carbocycles. The Morgan fingerprint density at radius 2 is 2.21 bits per heavy atom. The summed E-state index contributed by atoms with van der Waals surface area (Å²) >= 11 is 0. The van der Waals surface area contributed by atoms with Crippen LogP contribution in [0, 0.1) is 10.1 Å². The van der Waals surface area contributed by atoms with E-state index in [4.69, 9.17) is 4.42 Å². The number of nitro groups is 1. The zero-order valence-corrected chi connectivity index (χ0v) is 10.3. The molecule has 1 aromatic carbocycles. The quantitative estimate of drug-likeness (QED) is 0.648. The molecule has 7 heteroatoms. The van der Waals surface area contributed by atoms with E-state index in [0.717, 1.165) is 25.9 Å². The Kier molecular flexibility index (Phi) is 3.04. The molecule has 0 radical (unpaired) electrons. The number of rotatable bonds is 3. The lowest BCUT2D eigenvalue weighted by Crippen LogP contribution is -2.35. The molecule has 19 heavy (non-hydrogen) atoms. The van der Waals surface area contributed by atoms with Gasteiger partial charge in [-0.1, -0.05) is 0 Å². The molecular formula is C12H14N4O3. The largest absolute Gasteiger partial charge is 0.424 e. The molecule has 7 nitrogen and oxygen atoms in total. The number of nitrogens with zero attached hydrogens (tertiary/aromatic N) is 2. The summed E-state index contributed by atoms with van der Waals surface area (Å²) in [5.41, 5.74) is 1.09. The van der Waals surface area contributed by atoms with Crippen molar-refractivity contribution in [2.75, 3.05) is 18.4 Å². The van der Waals surface area contributed by atoms with E-state index in [9.17, 15) is 10.1 Å². The highest BCUT2D eigenvalue weighted by Crippen LogP contribution is 2.24. The lowest BCUT2D eigenvalue weighted by molar-refractivity contribution is -0.384. The molecule has 2 aromatic rings. The summed E-state index contributed by atoms with van der Waals surface area (Å²) in [7, 11) is 0. The SMILES string of the molecule is O=[N+]([O-])c1ccc2oc(NC3CCNCC3)nc2c1. The van der Waals surface area contributed by atoms with Gasteiger partial charge in [0.25, 0.3) is 11.7 Å². The molecular weight excluding hydrogens is 248 g/mol. The Morgan fingerprint density at radius 1 is 1.42 bits per heavy atom. The highest BCUT2D eigenvalue weighted by atomic mass is 16.6. The van der Waals surface area contributed by atoms with Gasteiger partial charge in [-0.2, -0.15) is 4.98 Å². The van der Waals surface area contributed by atoms with Crippen LogP contribution in [-0.4, -0.2) is 29.0 Å². The molecule has 3 rings (SSSR count). The van der Waals surface area contributed by atoms with Gasteiger partial charge in [-0.25, -0.2) is 0 Å². The summed E-state index contributed by atoms with van der Waals surface area (Å²) in [5, 5.41) is 17.2. The van der Waals surface area contributed by atoms with Crippen LogP contribution in [0.2, 0.25) is 0 Å². The molecule has 1 aliphatic rings. The van der Waals surface area contributed by atoms with Crippen molar-refractivity contribution in [1.29, 1.82) is 0 Å². The monoisotopic (exact) mass is 262 g/mol. The molecule has 1 fully saturated rings. The van der Waals surface area contributed by atoms with E-state index in [1.165, 1.54) is 12.1 Å². The van der Waals surface area contributed by atoms with Gasteiger partial charge in [0.15, 0.2) is 5.58 Å². The molecule has 0 amide bonds. The Balaban J connectivity index is 1.82. The molecule has 0 spiro atoms. The molecule has 1 saturated heterocycles. The minimum Gasteiger partial charge on any atom is -0.424 e. The summed E-state index contributed by atoms with van der Waals surface area (Å²) < 4.78 is 5.54. The van der Waals surface area contributed by atoms with Gasteiger partial charge in [-0.3, -0.25) is 10.1 Å². The second-order valence-electron chi connectivity index (χ2n) is 4.60. The number of fused-ring (bicyclic) bond motifs is 1. The standard InChI is InChI=1S/C12H14N4O3/c17-16(18)9-1-2-11-10(7-9)15-12(19-11)14-8-3-5-13-6-4-8/h1-2,7-8,13H,3-6H2,(H,14,15). The topological polar surface area (TPSA) is 93.2 Å². The molecule has 1 aliphatic heterocycles. The van der Waals surface area contributed by atoms with Crippen LogP contribution in [0.3, 0.4) is 0 Å². The van der Waals surface area contributed by atoms with Crippen LogP contribution in [0.1, 0.15) is 12.8 Å². The lowest BCUT2D eigenvalue weighted by Gasteiger charge is -2.22. The van der Waals surface area contributed by atoms with E-state index in [2.05, 4.69) is 15.6 Å². The van der Waals surface area contributed by atoms with Gasteiger partial charge in [-0.15, -0.1) is 0 Å². The maximum absolute atomic E-state index is 10.7. The Hall–Kier alpha value is -2.15. The molecule has 0 atom stereocenters. The number of anilines is 1. The summed E-state index contributed by atoms with van der Waals surface area (Å²) in [6.07, 6.45) is 2.03. The van der Waals surface area contributed by atoms with Crippen molar-refractivity contribution < 1.29 is 9.34 Å². The molecule has 0 bridgehead atoms. The minimum absolute atomic E-state index is 0.0224. The second-order valence-corrected chi connectivity index (χ2v) is 4.60. The van der Waals surface area contributed by atoms with Crippen molar-refractivity contribution >= 4 is 22.8 Å². The Morgan fingerprint density at radius 3 is 2.95 bits per heavy atom. The Labute approximate surface area is 109 Å². The summed E-state index contributed by atoms with van der Waals surface area (Å²) in [4.78, 5) is 14.5. The normalized spacial score (nSPS) is 16.6. The van der Waals surface area contributed by atoms with Crippen LogP contribution >= 0.6 is 0 Å². The van der Waals surface area contributed by atoms with Gasteiger partial charge in [0.1, 0.15) is 5.52 Å². The molecule has 100 valence electrons. The van der Waals surface area contributed by atoms with Gasteiger partial charge in [0.05, 0.1) is 4.92 Å². The van der Waals surface area contributed by atoms with E-state index < -0.39 is 4.92 Å². The zero-order chi connectivity index (χ0) is 13.2. The number of oxazole rings is 1. The van der Waals surface area contributed by atoms with Crippen LogP contribution in [0.15, 0.2) is 22.6 Å². The molecule has 1 aromatic heterocycles. The van der Waals surface area contributed by atoms with Crippen molar-refractivity contribution in [2.45, 2.75) is 18.9 Å². The van der Waals surface area contributed by atoms with E-state index in [1.807, 2.05) is 0 Å². The van der Waals surface area contributed by atoms with E-state index >= 15 is 0 Å². The van der Waals surface area contributed by atoms with Crippen LogP contribution in [0.25, 0.3) is 11.1 Å².